The number of carbonyl (C=O) groups is 2. The van der Waals surface area contributed by atoms with Crippen molar-refractivity contribution >= 4 is 29.7 Å². The predicted octanol–water partition coefficient (Wildman–Crippen LogP) is 2.55. The van der Waals surface area contributed by atoms with Gasteiger partial charge in [-0.3, -0.25) is 14.6 Å². The van der Waals surface area contributed by atoms with Crippen LogP contribution in [0.3, 0.4) is 0 Å². The third kappa shape index (κ3) is 3.97. The zero-order valence-corrected chi connectivity index (χ0v) is 19.1. The number of likely N-dealkylation sites (tertiary alicyclic amines) is 1. The number of aromatic nitrogens is 1. The third-order valence-electron chi connectivity index (χ3n) is 6.23. The summed E-state index contributed by atoms with van der Waals surface area (Å²) in [6, 6.07) is 8.36. The van der Waals surface area contributed by atoms with Crippen LogP contribution in [-0.2, 0) is 4.79 Å². The summed E-state index contributed by atoms with van der Waals surface area (Å²) < 4.78 is 4.55. The van der Waals surface area contributed by atoms with Crippen molar-refractivity contribution in [3.05, 3.63) is 71.5 Å². The van der Waals surface area contributed by atoms with Gasteiger partial charge in [-0.1, -0.05) is 23.2 Å². The number of hydrogen-bond acceptors (Lipinski definition) is 7. The molecule has 2 amide bonds. The van der Waals surface area contributed by atoms with E-state index < -0.39 is 0 Å². The van der Waals surface area contributed by atoms with E-state index in [-0.39, 0.29) is 22.4 Å². The summed E-state index contributed by atoms with van der Waals surface area (Å²) in [7, 11) is 0. The van der Waals surface area contributed by atoms with Gasteiger partial charge in [-0.05, 0) is 44.2 Å². The quantitative estimate of drug-likeness (QED) is 0.403. The van der Waals surface area contributed by atoms with E-state index in [0.717, 1.165) is 19.3 Å². The molecule has 1 fully saturated rings. The SMILES string of the molecule is CC#CC(=O)N1CCCCC1C1=C2C=NC=C[N+]2(N)C(c2ccccc2C(=O)Nc2ccon2)=N1. The number of allylic oxidation sites excluding steroid dienone is 1. The number of benzene rings is 1. The van der Waals surface area contributed by atoms with Gasteiger partial charge in [-0.2, -0.15) is 10.8 Å². The molecule has 10 nitrogen and oxygen atoms in total. The van der Waals surface area contributed by atoms with Gasteiger partial charge in [0.15, 0.2) is 5.82 Å². The topological polar surface area (TPSA) is 126 Å². The normalized spacial score (nSPS) is 22.9. The molecule has 0 aliphatic carbocycles. The molecule has 0 saturated carbocycles. The molecule has 0 radical (unpaired) electrons. The number of carbonyl (C=O) groups excluding carboxylic acids is 2. The number of nitrogens with zero attached hydrogens (tertiary/aromatic N) is 5. The number of aliphatic imine (C=N–C) groups is 2. The first-order valence-corrected chi connectivity index (χ1v) is 11.3. The van der Waals surface area contributed by atoms with Crippen molar-refractivity contribution in [2.24, 2.45) is 15.8 Å². The van der Waals surface area contributed by atoms with Crippen LogP contribution in [0.25, 0.3) is 0 Å². The lowest BCUT2D eigenvalue weighted by atomic mass is 9.98. The molecule has 0 spiro atoms. The number of rotatable bonds is 4. The van der Waals surface area contributed by atoms with Crippen molar-refractivity contribution in [1.29, 1.82) is 0 Å². The number of nitrogens with one attached hydrogen (secondary N) is 1. The molecular weight excluding hydrogens is 446 g/mol. The first-order chi connectivity index (χ1) is 17.0. The Hall–Kier alpha value is -4.33. The van der Waals surface area contributed by atoms with Gasteiger partial charge in [0.1, 0.15) is 18.2 Å². The fourth-order valence-corrected chi connectivity index (χ4v) is 4.61. The summed E-state index contributed by atoms with van der Waals surface area (Å²) in [6.45, 7) is 2.24. The molecule has 1 aromatic heterocycles. The molecule has 1 saturated heterocycles. The zero-order valence-electron chi connectivity index (χ0n) is 19.1. The van der Waals surface area contributed by atoms with E-state index in [4.69, 9.17) is 15.4 Å². The summed E-state index contributed by atoms with van der Waals surface area (Å²) in [5.41, 5.74) is 2.25. The Balaban J connectivity index is 1.59. The van der Waals surface area contributed by atoms with Crippen molar-refractivity contribution in [3.8, 4) is 11.8 Å². The number of anilines is 1. The number of nitrogens with two attached hydrogens (primary N) is 1. The van der Waals surface area contributed by atoms with E-state index in [2.05, 4.69) is 27.3 Å². The van der Waals surface area contributed by atoms with Crippen LogP contribution in [-0.4, -0.2) is 51.1 Å². The molecule has 35 heavy (non-hydrogen) atoms. The van der Waals surface area contributed by atoms with Gasteiger partial charge in [0, 0.05) is 12.6 Å². The Kier molecular flexibility index (Phi) is 5.86. The summed E-state index contributed by atoms with van der Waals surface area (Å²) in [5, 5.41) is 6.47. The number of quaternary nitrogens is 1. The smallest absolute Gasteiger partial charge is 0.299 e. The van der Waals surface area contributed by atoms with Crippen molar-refractivity contribution in [1.82, 2.24) is 10.1 Å². The highest BCUT2D eigenvalue weighted by Crippen LogP contribution is 2.37. The average molecular weight is 471 g/mol. The Morgan fingerprint density at radius 1 is 1.26 bits per heavy atom. The minimum Gasteiger partial charge on any atom is -0.363 e. The number of fused-ring (bicyclic) bond motifs is 1. The molecule has 3 N–H and O–H groups in total. The van der Waals surface area contributed by atoms with E-state index in [1.165, 1.54) is 6.26 Å². The maximum absolute atomic E-state index is 13.1. The largest absolute Gasteiger partial charge is 0.363 e. The summed E-state index contributed by atoms with van der Waals surface area (Å²) in [4.78, 5) is 36.9. The molecule has 0 bridgehead atoms. The van der Waals surface area contributed by atoms with Crippen LogP contribution in [0.15, 0.2) is 74.9 Å². The van der Waals surface area contributed by atoms with Gasteiger partial charge < -0.3 is 14.7 Å². The second-order valence-electron chi connectivity index (χ2n) is 8.33. The van der Waals surface area contributed by atoms with Gasteiger partial charge >= 0.3 is 0 Å². The second kappa shape index (κ2) is 9.13. The molecule has 2 atom stereocenters. The Morgan fingerprint density at radius 3 is 2.91 bits per heavy atom. The minimum atomic E-state index is -0.374. The molecule has 3 aliphatic rings. The van der Waals surface area contributed by atoms with Crippen LogP contribution in [0.4, 0.5) is 5.82 Å². The van der Waals surface area contributed by atoms with Crippen molar-refractivity contribution in [3.63, 3.8) is 0 Å². The molecule has 5 rings (SSSR count). The van der Waals surface area contributed by atoms with Gasteiger partial charge in [0.25, 0.3) is 17.6 Å². The Labute approximate surface area is 202 Å². The van der Waals surface area contributed by atoms with Gasteiger partial charge in [-0.25, -0.2) is 0 Å². The molecule has 10 heteroatoms. The first kappa shape index (κ1) is 22.5. The molecule has 1 aromatic carbocycles. The van der Waals surface area contributed by atoms with E-state index in [1.807, 2.05) is 6.07 Å². The van der Waals surface area contributed by atoms with Crippen LogP contribution in [0, 0.1) is 11.8 Å². The van der Waals surface area contributed by atoms with Crippen LogP contribution in [0.1, 0.15) is 42.1 Å². The Morgan fingerprint density at radius 2 is 2.11 bits per heavy atom. The van der Waals surface area contributed by atoms with E-state index >= 15 is 0 Å². The predicted molar refractivity (Wildman–Crippen MR) is 129 cm³/mol. The average Bonchev–Trinajstić information content (AvgIpc) is 3.49. The molecule has 2 aromatic rings. The van der Waals surface area contributed by atoms with Gasteiger partial charge in [-0.15, -0.1) is 4.59 Å². The van der Waals surface area contributed by atoms with Gasteiger partial charge in [0.2, 0.25) is 5.70 Å². The third-order valence-corrected chi connectivity index (χ3v) is 6.23. The fourth-order valence-electron chi connectivity index (χ4n) is 4.61. The zero-order chi connectivity index (χ0) is 24.4. The molecule has 4 heterocycles. The fraction of sp³-hybridized carbons (Fsp3) is 0.240. The van der Waals surface area contributed by atoms with Crippen LogP contribution in [0.2, 0.25) is 0 Å². The lowest BCUT2D eigenvalue weighted by Crippen LogP contribution is -2.53. The number of hydrogen-bond donors (Lipinski definition) is 2. The maximum Gasteiger partial charge on any atom is 0.299 e. The van der Waals surface area contributed by atoms with E-state index in [1.54, 1.807) is 54.7 Å². The lowest BCUT2D eigenvalue weighted by molar-refractivity contribution is -0.750. The van der Waals surface area contributed by atoms with Crippen LogP contribution < -0.4 is 11.2 Å². The van der Waals surface area contributed by atoms with Crippen LogP contribution in [0.5, 0.6) is 0 Å². The second-order valence-corrected chi connectivity index (χ2v) is 8.33. The molecule has 2 unspecified atom stereocenters. The lowest BCUT2D eigenvalue weighted by Gasteiger charge is -2.34. The minimum absolute atomic E-state index is 0.236. The Bertz CT molecular complexity index is 1360. The van der Waals surface area contributed by atoms with E-state index in [9.17, 15) is 9.59 Å². The maximum atomic E-state index is 13.1. The first-order valence-electron chi connectivity index (χ1n) is 11.3. The highest BCUT2D eigenvalue weighted by molar-refractivity contribution is 6.13. The van der Waals surface area contributed by atoms with Crippen LogP contribution >= 0.6 is 0 Å². The van der Waals surface area contributed by atoms with Crippen molar-refractivity contribution < 1.29 is 18.7 Å². The number of piperidine rings is 1. The van der Waals surface area contributed by atoms with Crippen molar-refractivity contribution in [2.75, 3.05) is 11.9 Å². The molecule has 176 valence electrons. The van der Waals surface area contributed by atoms with Gasteiger partial charge in [0.05, 0.1) is 29.6 Å². The monoisotopic (exact) mass is 470 g/mol. The van der Waals surface area contributed by atoms with E-state index in [0.29, 0.717) is 40.7 Å². The summed E-state index contributed by atoms with van der Waals surface area (Å²) >= 11 is 0. The number of amidine groups is 1. The standard InChI is InChI=1S/C25H23N7O3/c1-2-7-22(33)31-13-6-5-10-19(31)23-20-16-27-12-14-32(20,26)24(29-23)17-8-3-4-9-18(17)25(34)28-21-11-15-35-30-21/h3-4,8-9,11-12,14-16,19H,5-6,10,13,26H2,1H3/p+1. The van der Waals surface area contributed by atoms with Crippen molar-refractivity contribution in [2.45, 2.75) is 32.2 Å². The highest BCUT2D eigenvalue weighted by atomic mass is 16.5. The summed E-state index contributed by atoms with van der Waals surface area (Å²) in [5.74, 6) is 12.4. The summed E-state index contributed by atoms with van der Waals surface area (Å²) in [6.07, 6.45) is 8.95. The number of amides is 2. The molecule has 3 aliphatic heterocycles. The molecular formula is C25H24N7O3+. The highest BCUT2D eigenvalue weighted by Gasteiger charge is 2.48.